The highest BCUT2D eigenvalue weighted by atomic mass is 32.2. The van der Waals surface area contributed by atoms with Gasteiger partial charge in [0.1, 0.15) is 5.69 Å². The fourth-order valence-corrected chi connectivity index (χ4v) is 4.27. The monoisotopic (exact) mass is 380 g/mol. The number of allylic oxidation sites excluding steroid dienone is 2. The summed E-state index contributed by atoms with van der Waals surface area (Å²) in [5.74, 6) is 0.300. The lowest BCUT2D eigenvalue weighted by molar-refractivity contribution is -0.384. The van der Waals surface area contributed by atoms with Crippen LogP contribution in [0.5, 0.6) is 0 Å². The molecule has 9 heteroatoms. The van der Waals surface area contributed by atoms with E-state index in [1.165, 1.54) is 16.4 Å². The zero-order valence-corrected chi connectivity index (χ0v) is 15.8. The zero-order chi connectivity index (χ0) is 19.2. The molecule has 8 nitrogen and oxygen atoms in total. The minimum Gasteiger partial charge on any atom is -0.272 e. The Bertz CT molecular complexity index is 801. The number of nitro groups is 1. The molecule has 1 aromatic rings. The van der Waals surface area contributed by atoms with Crippen molar-refractivity contribution in [1.82, 2.24) is 4.31 Å². The number of anilines is 1. The Labute approximate surface area is 153 Å². The molecule has 0 aliphatic heterocycles. The van der Waals surface area contributed by atoms with Crippen molar-refractivity contribution >= 4 is 27.6 Å². The van der Waals surface area contributed by atoms with Crippen LogP contribution >= 0.6 is 0 Å². The second-order valence-electron chi connectivity index (χ2n) is 5.96. The SMILES string of the molecule is CCN(CC)S(=O)(=O)c1ccc(N/N=C\[C@H]2CC=CCC2)c([N+](=O)[O-])c1. The number of nitrogens with one attached hydrogen (secondary N) is 1. The number of hydrogen-bond acceptors (Lipinski definition) is 6. The molecule has 0 fully saturated rings. The number of rotatable bonds is 8. The molecule has 1 aliphatic carbocycles. The maximum Gasteiger partial charge on any atom is 0.295 e. The normalized spacial score (nSPS) is 17.7. The number of hydrazone groups is 1. The molecule has 0 unspecified atom stereocenters. The number of nitrogens with zero attached hydrogens (tertiary/aromatic N) is 3. The minimum atomic E-state index is -3.76. The zero-order valence-electron chi connectivity index (χ0n) is 15.0. The lowest BCUT2D eigenvalue weighted by Gasteiger charge is -2.18. The van der Waals surface area contributed by atoms with Gasteiger partial charge in [0, 0.05) is 25.4 Å². The summed E-state index contributed by atoms with van der Waals surface area (Å²) in [7, 11) is -3.76. The average molecular weight is 380 g/mol. The van der Waals surface area contributed by atoms with Gasteiger partial charge in [-0.25, -0.2) is 8.42 Å². The standard InChI is InChI=1S/C17H24N4O4S/c1-3-20(4-2)26(24,25)15-10-11-16(17(12-15)21(22)23)19-18-13-14-8-6-5-7-9-14/h5-6,10-14,19H,3-4,7-9H2,1-2H3/b18-13-/t14-/m0/s1. The molecule has 142 valence electrons. The fourth-order valence-electron chi connectivity index (χ4n) is 2.79. The molecule has 0 saturated heterocycles. The van der Waals surface area contributed by atoms with E-state index < -0.39 is 14.9 Å². The van der Waals surface area contributed by atoms with E-state index in [-0.39, 0.29) is 16.3 Å². The molecule has 1 N–H and O–H groups in total. The molecule has 0 radical (unpaired) electrons. The van der Waals surface area contributed by atoms with Gasteiger partial charge in [0.15, 0.2) is 0 Å². The second-order valence-corrected chi connectivity index (χ2v) is 7.90. The largest absolute Gasteiger partial charge is 0.295 e. The molecular weight excluding hydrogens is 356 g/mol. The molecule has 0 aromatic heterocycles. The van der Waals surface area contributed by atoms with E-state index in [2.05, 4.69) is 22.7 Å². The van der Waals surface area contributed by atoms with Crippen molar-refractivity contribution in [2.45, 2.75) is 38.0 Å². The van der Waals surface area contributed by atoms with Crippen LogP contribution in [0.1, 0.15) is 33.1 Å². The van der Waals surface area contributed by atoms with Crippen molar-refractivity contribution in [2.24, 2.45) is 11.0 Å². The predicted molar refractivity (Wildman–Crippen MR) is 102 cm³/mol. The van der Waals surface area contributed by atoms with Crippen molar-refractivity contribution in [3.8, 4) is 0 Å². The van der Waals surface area contributed by atoms with Crippen LogP contribution in [0.2, 0.25) is 0 Å². The third kappa shape index (κ3) is 4.67. The van der Waals surface area contributed by atoms with Gasteiger partial charge in [-0.1, -0.05) is 26.0 Å². The van der Waals surface area contributed by atoms with Gasteiger partial charge in [-0.05, 0) is 37.3 Å². The van der Waals surface area contributed by atoms with Crippen LogP contribution in [0.4, 0.5) is 11.4 Å². The van der Waals surface area contributed by atoms with Crippen LogP contribution in [0, 0.1) is 16.0 Å². The maximum atomic E-state index is 12.5. The van der Waals surface area contributed by atoms with Gasteiger partial charge in [-0.2, -0.15) is 9.41 Å². The Balaban J connectivity index is 2.24. The van der Waals surface area contributed by atoms with Gasteiger partial charge < -0.3 is 0 Å². The third-order valence-electron chi connectivity index (χ3n) is 4.29. The molecule has 1 aliphatic rings. The molecule has 2 rings (SSSR count). The highest BCUT2D eigenvalue weighted by molar-refractivity contribution is 7.89. The Morgan fingerprint density at radius 2 is 2.08 bits per heavy atom. The summed E-state index contributed by atoms with van der Waals surface area (Å²) >= 11 is 0. The van der Waals surface area contributed by atoms with Gasteiger partial charge >= 0.3 is 0 Å². The summed E-state index contributed by atoms with van der Waals surface area (Å²) in [5, 5.41) is 15.5. The van der Waals surface area contributed by atoms with Gasteiger partial charge in [-0.15, -0.1) is 0 Å². The predicted octanol–water partition coefficient (Wildman–Crippen LogP) is 3.38. The summed E-state index contributed by atoms with van der Waals surface area (Å²) in [4.78, 5) is 10.7. The van der Waals surface area contributed by atoms with E-state index in [0.717, 1.165) is 25.3 Å². The van der Waals surface area contributed by atoms with Crippen molar-refractivity contribution in [3.63, 3.8) is 0 Å². The summed E-state index contributed by atoms with van der Waals surface area (Å²) < 4.78 is 26.4. The van der Waals surface area contributed by atoms with Crippen LogP contribution in [-0.2, 0) is 10.0 Å². The molecule has 0 saturated carbocycles. The topological polar surface area (TPSA) is 105 Å². The van der Waals surface area contributed by atoms with Gasteiger partial charge in [-0.3, -0.25) is 15.5 Å². The first-order chi connectivity index (χ1) is 12.4. The van der Waals surface area contributed by atoms with E-state index in [4.69, 9.17) is 0 Å². The molecule has 26 heavy (non-hydrogen) atoms. The van der Waals surface area contributed by atoms with E-state index >= 15 is 0 Å². The highest BCUT2D eigenvalue weighted by Gasteiger charge is 2.25. The van der Waals surface area contributed by atoms with Crippen molar-refractivity contribution < 1.29 is 13.3 Å². The van der Waals surface area contributed by atoms with Gasteiger partial charge in [0.2, 0.25) is 10.0 Å². The first kappa shape index (κ1) is 20.1. The second kappa shape index (κ2) is 8.91. The molecule has 1 atom stereocenters. The Kier molecular flexibility index (Phi) is 6.87. The average Bonchev–Trinajstić information content (AvgIpc) is 2.63. The molecule has 0 bridgehead atoms. The lowest BCUT2D eigenvalue weighted by atomic mass is 9.96. The van der Waals surface area contributed by atoms with Gasteiger partial charge in [0.25, 0.3) is 5.69 Å². The van der Waals surface area contributed by atoms with E-state index in [9.17, 15) is 18.5 Å². The van der Waals surface area contributed by atoms with Gasteiger partial charge in [0.05, 0.1) is 9.82 Å². The third-order valence-corrected chi connectivity index (χ3v) is 6.33. The van der Waals surface area contributed by atoms with Crippen LogP contribution in [0.25, 0.3) is 0 Å². The smallest absolute Gasteiger partial charge is 0.272 e. The quantitative estimate of drug-likeness (QED) is 0.322. The van der Waals surface area contributed by atoms with Crippen molar-refractivity contribution in [1.29, 1.82) is 0 Å². The van der Waals surface area contributed by atoms with Crippen molar-refractivity contribution in [2.75, 3.05) is 18.5 Å². The van der Waals surface area contributed by atoms with Crippen LogP contribution in [0.3, 0.4) is 0 Å². The summed E-state index contributed by atoms with van der Waals surface area (Å²) in [6.45, 7) is 4.04. The van der Waals surface area contributed by atoms with Crippen LogP contribution < -0.4 is 5.43 Å². The molecule has 1 aromatic carbocycles. The van der Waals surface area contributed by atoms with E-state index in [1.807, 2.05) is 0 Å². The van der Waals surface area contributed by atoms with Crippen LogP contribution in [-0.4, -0.2) is 37.0 Å². The molecule has 0 heterocycles. The number of sulfonamides is 1. The summed E-state index contributed by atoms with van der Waals surface area (Å²) in [5.41, 5.74) is 2.52. The number of benzene rings is 1. The summed E-state index contributed by atoms with van der Waals surface area (Å²) in [6.07, 6.45) is 8.84. The number of hydrogen-bond donors (Lipinski definition) is 1. The van der Waals surface area contributed by atoms with E-state index in [0.29, 0.717) is 19.0 Å². The Morgan fingerprint density at radius 1 is 1.35 bits per heavy atom. The number of nitro benzene ring substituents is 1. The maximum absolute atomic E-state index is 12.5. The summed E-state index contributed by atoms with van der Waals surface area (Å²) in [6, 6.07) is 3.82. The first-order valence-corrected chi connectivity index (χ1v) is 10.1. The fraction of sp³-hybridized carbons (Fsp3) is 0.471. The molecular formula is C17H24N4O4S. The Morgan fingerprint density at radius 3 is 2.65 bits per heavy atom. The van der Waals surface area contributed by atoms with Crippen molar-refractivity contribution in [3.05, 3.63) is 40.5 Å². The van der Waals surface area contributed by atoms with Crippen LogP contribution in [0.15, 0.2) is 40.3 Å². The molecule has 0 spiro atoms. The first-order valence-electron chi connectivity index (χ1n) is 8.62. The molecule has 0 amide bonds. The highest BCUT2D eigenvalue weighted by Crippen LogP contribution is 2.29. The minimum absolute atomic E-state index is 0.0974. The van der Waals surface area contributed by atoms with E-state index in [1.54, 1.807) is 20.1 Å². The Hall–Kier alpha value is -2.26. The lowest BCUT2D eigenvalue weighted by Crippen LogP contribution is -2.30.